The minimum absolute atomic E-state index is 0.110. The molecule has 32 heavy (non-hydrogen) atoms. The molecule has 0 bridgehead atoms. The Labute approximate surface area is 182 Å². The topological polar surface area (TPSA) is 88.0 Å². The summed E-state index contributed by atoms with van der Waals surface area (Å²) in [5.41, 5.74) is -0.593. The molecule has 0 saturated carbocycles. The summed E-state index contributed by atoms with van der Waals surface area (Å²) < 4.78 is 44.0. The fourth-order valence-electron chi connectivity index (χ4n) is 3.59. The molecule has 2 amide bonds. The lowest BCUT2D eigenvalue weighted by molar-refractivity contribution is -0.384. The van der Waals surface area contributed by atoms with Gasteiger partial charge >= 0.3 is 12.2 Å². The monoisotopic (exact) mass is 452 g/mol. The minimum Gasteiger partial charge on any atom is -0.496 e. The lowest BCUT2D eigenvalue weighted by Gasteiger charge is -2.35. The van der Waals surface area contributed by atoms with E-state index < -0.39 is 22.4 Å². The average molecular weight is 452 g/mol. The van der Waals surface area contributed by atoms with Crippen molar-refractivity contribution in [1.82, 2.24) is 10.2 Å². The van der Waals surface area contributed by atoms with Crippen LogP contribution < -0.4 is 15.0 Å². The van der Waals surface area contributed by atoms with Gasteiger partial charge in [-0.15, -0.1) is 0 Å². The second-order valence-corrected chi connectivity index (χ2v) is 7.23. The number of benzene rings is 2. The van der Waals surface area contributed by atoms with Crippen molar-refractivity contribution < 1.29 is 27.6 Å². The number of halogens is 3. The molecule has 0 unspecified atom stereocenters. The first-order valence-electron chi connectivity index (χ1n) is 9.96. The molecule has 3 rings (SSSR count). The highest BCUT2D eigenvalue weighted by Gasteiger charge is 2.34. The van der Waals surface area contributed by atoms with Crippen LogP contribution in [0.25, 0.3) is 0 Å². The summed E-state index contributed by atoms with van der Waals surface area (Å²) in [5, 5.41) is 14.2. The SMILES string of the molecule is COc1ccccc1CCNC(=O)N1CCN(c2ccc(C(F)(F)F)cc2[N+](=O)[O-])CC1. The molecule has 2 aromatic rings. The molecule has 0 spiro atoms. The van der Waals surface area contributed by atoms with E-state index in [2.05, 4.69) is 5.32 Å². The van der Waals surface area contributed by atoms with Crippen LogP contribution >= 0.6 is 0 Å². The summed E-state index contributed by atoms with van der Waals surface area (Å²) in [6.45, 7) is 1.53. The number of nitro groups is 1. The number of anilines is 1. The maximum atomic E-state index is 12.9. The first-order valence-corrected chi connectivity index (χ1v) is 9.96. The first-order chi connectivity index (χ1) is 15.2. The molecular formula is C21H23F3N4O4. The van der Waals surface area contributed by atoms with Gasteiger partial charge in [-0.05, 0) is 30.2 Å². The van der Waals surface area contributed by atoms with Crippen LogP contribution in [0.1, 0.15) is 11.1 Å². The second-order valence-electron chi connectivity index (χ2n) is 7.23. The standard InChI is InChI=1S/C21H23F3N4O4/c1-32-19-5-3-2-4-15(19)8-9-25-20(29)27-12-10-26(11-13-27)17-7-6-16(21(22,23)24)14-18(17)28(30)31/h2-7,14H,8-13H2,1H3,(H,25,29). The molecule has 0 aliphatic carbocycles. The van der Waals surface area contributed by atoms with Gasteiger partial charge in [-0.25, -0.2) is 4.79 Å². The molecular weight excluding hydrogens is 429 g/mol. The van der Waals surface area contributed by atoms with Gasteiger partial charge in [0.1, 0.15) is 11.4 Å². The van der Waals surface area contributed by atoms with E-state index in [9.17, 15) is 28.1 Å². The highest BCUT2D eigenvalue weighted by molar-refractivity contribution is 5.75. The van der Waals surface area contributed by atoms with E-state index in [4.69, 9.17) is 4.74 Å². The van der Waals surface area contributed by atoms with Crippen molar-refractivity contribution in [2.45, 2.75) is 12.6 Å². The molecule has 172 valence electrons. The fraction of sp³-hybridized carbons (Fsp3) is 0.381. The van der Waals surface area contributed by atoms with Crippen molar-refractivity contribution in [2.75, 3.05) is 44.7 Å². The van der Waals surface area contributed by atoms with Crippen molar-refractivity contribution in [1.29, 1.82) is 0 Å². The second kappa shape index (κ2) is 9.75. The highest BCUT2D eigenvalue weighted by atomic mass is 19.4. The predicted molar refractivity (Wildman–Crippen MR) is 112 cm³/mol. The third-order valence-corrected chi connectivity index (χ3v) is 5.27. The number of para-hydroxylation sites is 1. The number of rotatable bonds is 6. The highest BCUT2D eigenvalue weighted by Crippen LogP contribution is 2.36. The Morgan fingerprint density at radius 2 is 1.84 bits per heavy atom. The number of nitro benzene ring substituents is 1. The summed E-state index contributed by atoms with van der Waals surface area (Å²) in [5.74, 6) is 0.744. The van der Waals surface area contributed by atoms with Gasteiger partial charge in [-0.1, -0.05) is 18.2 Å². The number of carbonyl (C=O) groups is 1. The van der Waals surface area contributed by atoms with Gasteiger partial charge in [0.05, 0.1) is 17.6 Å². The number of hydrogen-bond acceptors (Lipinski definition) is 5. The third-order valence-electron chi connectivity index (χ3n) is 5.27. The first kappa shape index (κ1) is 23.2. The molecule has 2 aromatic carbocycles. The maximum Gasteiger partial charge on any atom is 0.416 e. The van der Waals surface area contributed by atoms with Gasteiger partial charge in [0.25, 0.3) is 5.69 Å². The number of hydrogen-bond donors (Lipinski definition) is 1. The zero-order valence-electron chi connectivity index (χ0n) is 17.4. The van der Waals surface area contributed by atoms with Crippen LogP contribution in [0.4, 0.5) is 29.3 Å². The Kier molecular flexibility index (Phi) is 7.06. The largest absolute Gasteiger partial charge is 0.496 e. The minimum atomic E-state index is -4.66. The number of amides is 2. The summed E-state index contributed by atoms with van der Waals surface area (Å²) in [6, 6.07) is 9.75. The summed E-state index contributed by atoms with van der Waals surface area (Å²) in [7, 11) is 1.58. The van der Waals surface area contributed by atoms with Gasteiger partial charge in [0.15, 0.2) is 0 Å². The van der Waals surface area contributed by atoms with Crippen LogP contribution in [0.15, 0.2) is 42.5 Å². The van der Waals surface area contributed by atoms with Crippen LogP contribution in [0, 0.1) is 10.1 Å². The fourth-order valence-corrected chi connectivity index (χ4v) is 3.59. The molecule has 0 radical (unpaired) electrons. The molecule has 1 fully saturated rings. The van der Waals surface area contributed by atoms with Crippen molar-refractivity contribution in [2.24, 2.45) is 0 Å². The van der Waals surface area contributed by atoms with E-state index in [-0.39, 0.29) is 24.8 Å². The number of piperazine rings is 1. The number of alkyl halides is 3. The van der Waals surface area contributed by atoms with Gasteiger partial charge < -0.3 is 19.9 Å². The Bertz CT molecular complexity index is 976. The van der Waals surface area contributed by atoms with Crippen molar-refractivity contribution >= 4 is 17.4 Å². The predicted octanol–water partition coefficient (Wildman–Crippen LogP) is 3.70. The van der Waals surface area contributed by atoms with Crippen molar-refractivity contribution in [3.8, 4) is 5.75 Å². The Hall–Kier alpha value is -3.50. The smallest absolute Gasteiger partial charge is 0.416 e. The van der Waals surface area contributed by atoms with Crippen LogP contribution in [0.2, 0.25) is 0 Å². The maximum absolute atomic E-state index is 12.9. The van der Waals surface area contributed by atoms with E-state index in [0.717, 1.165) is 23.4 Å². The Morgan fingerprint density at radius 3 is 2.47 bits per heavy atom. The van der Waals surface area contributed by atoms with Gasteiger partial charge in [0.2, 0.25) is 0 Å². The van der Waals surface area contributed by atoms with Crippen LogP contribution in [-0.2, 0) is 12.6 Å². The number of urea groups is 1. The number of methoxy groups -OCH3 is 1. The number of ether oxygens (including phenoxy) is 1. The quantitative estimate of drug-likeness (QED) is 0.534. The number of carbonyl (C=O) groups excluding carboxylic acids is 1. The van der Waals surface area contributed by atoms with Crippen LogP contribution in [-0.4, -0.2) is 55.7 Å². The molecule has 0 atom stereocenters. The van der Waals surface area contributed by atoms with Gasteiger partial charge in [0, 0.05) is 38.8 Å². The molecule has 8 nitrogen and oxygen atoms in total. The summed E-state index contributed by atoms with van der Waals surface area (Å²) >= 11 is 0. The van der Waals surface area contributed by atoms with E-state index in [1.54, 1.807) is 16.9 Å². The normalized spacial score (nSPS) is 14.2. The van der Waals surface area contributed by atoms with E-state index >= 15 is 0 Å². The van der Waals surface area contributed by atoms with Gasteiger partial charge in [-0.3, -0.25) is 10.1 Å². The molecule has 1 N–H and O–H groups in total. The molecule has 11 heteroatoms. The Morgan fingerprint density at radius 1 is 1.16 bits per heavy atom. The van der Waals surface area contributed by atoms with E-state index in [0.29, 0.717) is 32.1 Å². The zero-order valence-corrected chi connectivity index (χ0v) is 17.4. The van der Waals surface area contributed by atoms with Gasteiger partial charge in [-0.2, -0.15) is 13.2 Å². The molecule has 1 saturated heterocycles. The average Bonchev–Trinajstić information content (AvgIpc) is 2.78. The van der Waals surface area contributed by atoms with Crippen molar-refractivity contribution in [3.63, 3.8) is 0 Å². The molecule has 0 aromatic heterocycles. The molecule has 1 heterocycles. The summed E-state index contributed by atoms with van der Waals surface area (Å²) in [6.07, 6.45) is -4.07. The lowest BCUT2D eigenvalue weighted by Crippen LogP contribution is -2.52. The van der Waals surface area contributed by atoms with Crippen LogP contribution in [0.5, 0.6) is 5.75 Å². The zero-order chi connectivity index (χ0) is 23.3. The van der Waals surface area contributed by atoms with Crippen LogP contribution in [0.3, 0.4) is 0 Å². The molecule has 1 aliphatic rings. The number of nitrogens with one attached hydrogen (secondary N) is 1. The molecule has 1 aliphatic heterocycles. The van der Waals surface area contributed by atoms with Crippen molar-refractivity contribution in [3.05, 3.63) is 63.7 Å². The summed E-state index contributed by atoms with van der Waals surface area (Å²) in [4.78, 5) is 26.2. The lowest BCUT2D eigenvalue weighted by atomic mass is 10.1. The number of nitrogens with zero attached hydrogens (tertiary/aromatic N) is 3. The van der Waals surface area contributed by atoms with E-state index in [1.165, 1.54) is 0 Å². The van der Waals surface area contributed by atoms with E-state index in [1.807, 2.05) is 24.3 Å². The third kappa shape index (κ3) is 5.40. The Balaban J connectivity index is 1.56.